The van der Waals surface area contributed by atoms with Crippen molar-refractivity contribution in [1.82, 2.24) is 15.1 Å². The van der Waals surface area contributed by atoms with E-state index in [1.54, 1.807) is 9.80 Å². The van der Waals surface area contributed by atoms with Crippen molar-refractivity contribution in [2.24, 2.45) is 0 Å². The number of likely N-dealkylation sites (tertiary alicyclic amines) is 2. The molecule has 1 spiro atoms. The van der Waals surface area contributed by atoms with Gasteiger partial charge in [-0.15, -0.1) is 0 Å². The van der Waals surface area contributed by atoms with E-state index < -0.39 is 11.5 Å². The van der Waals surface area contributed by atoms with Crippen molar-refractivity contribution in [2.75, 3.05) is 26.7 Å². The van der Waals surface area contributed by atoms with Gasteiger partial charge >= 0.3 is 12.0 Å². The molecule has 2 aliphatic heterocycles. The molecule has 0 aromatic heterocycles. The minimum atomic E-state index is -0.773. The Balaban J connectivity index is 1.70. The summed E-state index contributed by atoms with van der Waals surface area (Å²) in [4.78, 5) is 40.9. The van der Waals surface area contributed by atoms with Gasteiger partial charge in [0, 0.05) is 19.1 Å². The first-order valence-corrected chi connectivity index (χ1v) is 9.51. The summed E-state index contributed by atoms with van der Waals surface area (Å²) in [5, 5.41) is 3.14. The molecule has 3 amide bonds. The van der Waals surface area contributed by atoms with Gasteiger partial charge in [-0.2, -0.15) is 0 Å². The fraction of sp³-hybridized carbons (Fsp3) is 0.833. The number of rotatable bonds is 3. The van der Waals surface area contributed by atoms with Crippen molar-refractivity contribution < 1.29 is 19.1 Å². The first-order chi connectivity index (χ1) is 12.1. The predicted octanol–water partition coefficient (Wildman–Crippen LogP) is 1.66. The number of hydrogen-bond acceptors (Lipinski definition) is 4. The lowest BCUT2D eigenvalue weighted by molar-refractivity contribution is -0.154. The van der Waals surface area contributed by atoms with Crippen LogP contribution >= 0.6 is 0 Å². The van der Waals surface area contributed by atoms with Crippen molar-refractivity contribution in [3.05, 3.63) is 0 Å². The van der Waals surface area contributed by atoms with Gasteiger partial charge in [-0.3, -0.25) is 9.59 Å². The van der Waals surface area contributed by atoms with E-state index in [1.807, 2.05) is 0 Å². The van der Waals surface area contributed by atoms with Gasteiger partial charge in [-0.1, -0.05) is 19.3 Å². The first-order valence-electron chi connectivity index (χ1n) is 9.51. The van der Waals surface area contributed by atoms with Gasteiger partial charge in [0.1, 0.15) is 12.1 Å². The summed E-state index contributed by atoms with van der Waals surface area (Å²) in [6, 6.07) is 0.112. The molecule has 3 fully saturated rings. The fourth-order valence-electron chi connectivity index (χ4n) is 4.59. The first kappa shape index (κ1) is 18.0. The van der Waals surface area contributed by atoms with Gasteiger partial charge in [0.05, 0.1) is 7.11 Å². The molecule has 1 atom stereocenters. The van der Waals surface area contributed by atoms with Gasteiger partial charge in [0.15, 0.2) is 0 Å². The molecular weight excluding hydrogens is 322 g/mol. The van der Waals surface area contributed by atoms with Crippen LogP contribution < -0.4 is 5.32 Å². The zero-order valence-corrected chi connectivity index (χ0v) is 15.1. The second-order valence-electron chi connectivity index (χ2n) is 7.48. The van der Waals surface area contributed by atoms with Gasteiger partial charge < -0.3 is 19.9 Å². The molecular formula is C18H29N3O4. The maximum absolute atomic E-state index is 13.1. The highest BCUT2D eigenvalue weighted by Crippen LogP contribution is 2.38. The molecule has 1 aliphatic carbocycles. The van der Waals surface area contributed by atoms with Crippen LogP contribution in [0.5, 0.6) is 0 Å². The minimum Gasteiger partial charge on any atom is -0.468 e. The Morgan fingerprint density at radius 3 is 2.48 bits per heavy atom. The van der Waals surface area contributed by atoms with Crippen LogP contribution in [0.3, 0.4) is 0 Å². The zero-order chi connectivity index (χ0) is 17.9. The van der Waals surface area contributed by atoms with Crippen LogP contribution in [-0.2, 0) is 14.3 Å². The predicted molar refractivity (Wildman–Crippen MR) is 91.9 cm³/mol. The highest BCUT2D eigenvalue weighted by Gasteiger charge is 2.53. The van der Waals surface area contributed by atoms with E-state index in [4.69, 9.17) is 4.74 Å². The van der Waals surface area contributed by atoms with Crippen molar-refractivity contribution >= 4 is 17.9 Å². The molecule has 140 valence electrons. The lowest BCUT2D eigenvalue weighted by atomic mass is 9.85. The fourth-order valence-corrected chi connectivity index (χ4v) is 4.59. The Morgan fingerprint density at radius 1 is 1.12 bits per heavy atom. The number of carbonyl (C=O) groups is 3. The summed E-state index contributed by atoms with van der Waals surface area (Å²) >= 11 is 0. The van der Waals surface area contributed by atoms with Gasteiger partial charge in [0.2, 0.25) is 5.91 Å². The number of methoxy groups -OCH3 is 1. The zero-order valence-electron chi connectivity index (χ0n) is 15.1. The molecule has 0 aromatic carbocycles. The molecule has 0 radical (unpaired) electrons. The molecule has 2 saturated heterocycles. The number of amides is 3. The van der Waals surface area contributed by atoms with E-state index in [2.05, 4.69) is 5.32 Å². The molecule has 1 saturated carbocycles. The molecule has 3 rings (SSSR count). The van der Waals surface area contributed by atoms with E-state index >= 15 is 0 Å². The maximum atomic E-state index is 13.1. The third-order valence-electron chi connectivity index (χ3n) is 5.92. The Bertz CT molecular complexity index is 532. The topological polar surface area (TPSA) is 79.0 Å². The summed E-state index contributed by atoms with van der Waals surface area (Å²) in [6.07, 6.45) is 8.59. The van der Waals surface area contributed by atoms with Crippen LogP contribution in [0.25, 0.3) is 0 Å². The minimum absolute atomic E-state index is 0.0326. The third-order valence-corrected chi connectivity index (χ3v) is 5.92. The van der Waals surface area contributed by atoms with Gasteiger partial charge in [0.25, 0.3) is 0 Å². The average Bonchev–Trinajstić information content (AvgIpc) is 3.04. The number of piperidine rings is 1. The summed E-state index contributed by atoms with van der Waals surface area (Å²) in [5.74, 6) is -0.512. The smallest absolute Gasteiger partial charge is 0.325 e. The third kappa shape index (κ3) is 3.60. The molecule has 1 unspecified atom stereocenters. The number of ether oxygens (including phenoxy) is 1. The lowest BCUT2D eigenvalue weighted by Crippen LogP contribution is -2.64. The number of nitrogens with zero attached hydrogens (tertiary/aromatic N) is 2. The van der Waals surface area contributed by atoms with E-state index in [-0.39, 0.29) is 24.5 Å². The highest BCUT2D eigenvalue weighted by atomic mass is 16.5. The van der Waals surface area contributed by atoms with Crippen LogP contribution in [0.2, 0.25) is 0 Å². The van der Waals surface area contributed by atoms with Gasteiger partial charge in [-0.05, 0) is 38.5 Å². The molecule has 3 aliphatic rings. The number of hydrogen-bond donors (Lipinski definition) is 1. The number of carbonyl (C=O) groups excluding carboxylic acids is 3. The monoisotopic (exact) mass is 351 g/mol. The molecule has 0 bridgehead atoms. The maximum Gasteiger partial charge on any atom is 0.325 e. The Morgan fingerprint density at radius 2 is 1.80 bits per heavy atom. The van der Waals surface area contributed by atoms with Crippen LogP contribution in [0.15, 0.2) is 0 Å². The normalized spacial score (nSPS) is 27.6. The Labute approximate surface area is 149 Å². The Hall–Kier alpha value is -1.79. The molecule has 7 nitrogen and oxygen atoms in total. The Kier molecular flexibility index (Phi) is 5.49. The van der Waals surface area contributed by atoms with Crippen molar-refractivity contribution in [1.29, 1.82) is 0 Å². The van der Waals surface area contributed by atoms with E-state index in [9.17, 15) is 14.4 Å². The number of esters is 1. The second kappa shape index (κ2) is 7.62. The molecule has 7 heteroatoms. The van der Waals surface area contributed by atoms with Crippen LogP contribution in [0, 0.1) is 0 Å². The van der Waals surface area contributed by atoms with Crippen LogP contribution in [0.1, 0.15) is 57.8 Å². The van der Waals surface area contributed by atoms with Gasteiger partial charge in [-0.25, -0.2) is 4.79 Å². The summed E-state index contributed by atoms with van der Waals surface area (Å²) in [6.45, 7) is 1.12. The standard InChI is InChI=1S/C18H29N3O4/c1-25-15(22)13-20-11-5-9-18(16(20)23)10-6-12-21(18)17(24)19-14-7-3-2-4-8-14/h14H,2-13H2,1H3,(H,19,24). The van der Waals surface area contributed by atoms with E-state index in [0.29, 0.717) is 25.9 Å². The van der Waals surface area contributed by atoms with Crippen LogP contribution in [-0.4, -0.2) is 66.0 Å². The largest absolute Gasteiger partial charge is 0.468 e. The molecule has 1 N–H and O–H groups in total. The number of urea groups is 1. The van der Waals surface area contributed by atoms with E-state index in [0.717, 1.165) is 38.5 Å². The quantitative estimate of drug-likeness (QED) is 0.784. The van der Waals surface area contributed by atoms with Crippen molar-refractivity contribution in [2.45, 2.75) is 69.4 Å². The SMILES string of the molecule is COC(=O)CN1CCCC2(CCCN2C(=O)NC2CCCCC2)C1=O. The molecule has 25 heavy (non-hydrogen) atoms. The molecule has 0 aromatic rings. The van der Waals surface area contributed by atoms with Crippen molar-refractivity contribution in [3.63, 3.8) is 0 Å². The summed E-state index contributed by atoms with van der Waals surface area (Å²) in [7, 11) is 1.33. The highest BCUT2D eigenvalue weighted by molar-refractivity contribution is 5.94. The lowest BCUT2D eigenvalue weighted by Gasteiger charge is -2.44. The number of nitrogens with one attached hydrogen (secondary N) is 1. The summed E-state index contributed by atoms with van der Waals surface area (Å²) in [5.41, 5.74) is -0.773. The second-order valence-corrected chi connectivity index (χ2v) is 7.48. The van der Waals surface area contributed by atoms with Crippen molar-refractivity contribution in [3.8, 4) is 0 Å². The van der Waals surface area contributed by atoms with Crippen LogP contribution in [0.4, 0.5) is 4.79 Å². The molecule has 2 heterocycles. The summed E-state index contributed by atoms with van der Waals surface area (Å²) < 4.78 is 4.70. The average molecular weight is 351 g/mol. The van der Waals surface area contributed by atoms with E-state index in [1.165, 1.54) is 13.5 Å².